The number of carbonyl (C=O) groups is 2. The second-order valence-corrected chi connectivity index (χ2v) is 22.1. The van der Waals surface area contributed by atoms with Crippen LogP contribution in [-0.2, 0) is 14.3 Å². The SMILES string of the molecule is CCCCC/C=C\C/C=C\CCCCCCCCCCCC(=O)OCCCCCCCCCCCCCCCCCCCC(=O)NC(CO)C(O)CCCCCCCCCCCCCCCCCCCC. The Morgan fingerprint density at radius 1 is 0.394 bits per heavy atom. The second kappa shape index (κ2) is 60.9. The smallest absolute Gasteiger partial charge is 0.305 e. The van der Waals surface area contributed by atoms with E-state index in [-0.39, 0.29) is 18.5 Å². The van der Waals surface area contributed by atoms with Crippen molar-refractivity contribution in [2.75, 3.05) is 13.2 Å². The molecule has 6 heteroatoms. The highest BCUT2D eigenvalue weighted by atomic mass is 16.5. The van der Waals surface area contributed by atoms with Gasteiger partial charge in [-0.05, 0) is 57.8 Å². The van der Waals surface area contributed by atoms with Crippen molar-refractivity contribution in [3.8, 4) is 0 Å². The van der Waals surface area contributed by atoms with Crippen LogP contribution in [0.3, 0.4) is 0 Å². The third kappa shape index (κ3) is 57.5. The number of aliphatic hydroxyl groups is 2. The van der Waals surface area contributed by atoms with Crippen molar-refractivity contribution in [3.63, 3.8) is 0 Å². The zero-order chi connectivity index (χ0) is 51.4. The van der Waals surface area contributed by atoms with Crippen molar-refractivity contribution >= 4 is 11.9 Å². The lowest BCUT2D eigenvalue weighted by Gasteiger charge is -2.22. The van der Waals surface area contributed by atoms with Gasteiger partial charge < -0.3 is 20.3 Å². The fourth-order valence-electron chi connectivity index (χ4n) is 10.1. The van der Waals surface area contributed by atoms with Crippen molar-refractivity contribution in [3.05, 3.63) is 24.3 Å². The van der Waals surface area contributed by atoms with Crippen molar-refractivity contribution in [1.29, 1.82) is 0 Å². The Labute approximate surface area is 443 Å². The Hall–Kier alpha value is -1.66. The molecule has 0 aliphatic carbocycles. The molecule has 0 saturated carbocycles. The van der Waals surface area contributed by atoms with E-state index in [9.17, 15) is 19.8 Å². The maximum absolute atomic E-state index is 12.5. The summed E-state index contributed by atoms with van der Waals surface area (Å²) < 4.78 is 5.50. The quantitative estimate of drug-likeness (QED) is 0.0320. The normalized spacial score (nSPS) is 12.7. The summed E-state index contributed by atoms with van der Waals surface area (Å²) in [4.78, 5) is 24.6. The molecule has 0 aromatic carbocycles. The van der Waals surface area contributed by atoms with E-state index in [1.165, 1.54) is 270 Å². The monoisotopic (exact) mass is 1000 g/mol. The molecule has 0 saturated heterocycles. The van der Waals surface area contributed by atoms with Gasteiger partial charge in [0.1, 0.15) is 0 Å². The summed E-state index contributed by atoms with van der Waals surface area (Å²) in [5.74, 6) is -0.0348. The van der Waals surface area contributed by atoms with Gasteiger partial charge in [-0.25, -0.2) is 0 Å². The van der Waals surface area contributed by atoms with Crippen molar-refractivity contribution in [2.45, 2.75) is 366 Å². The minimum Gasteiger partial charge on any atom is -0.466 e. The van der Waals surface area contributed by atoms with Gasteiger partial charge in [0.2, 0.25) is 5.91 Å². The van der Waals surface area contributed by atoms with Crippen LogP contribution < -0.4 is 5.32 Å². The summed E-state index contributed by atoms with van der Waals surface area (Å²) in [7, 11) is 0. The lowest BCUT2D eigenvalue weighted by atomic mass is 10.0. The van der Waals surface area contributed by atoms with Crippen LogP contribution in [0.25, 0.3) is 0 Å². The fraction of sp³-hybridized carbons (Fsp3) is 0.908. The number of ether oxygens (including phenoxy) is 1. The zero-order valence-electron chi connectivity index (χ0n) is 48.0. The van der Waals surface area contributed by atoms with Gasteiger partial charge in [0.05, 0.1) is 25.4 Å². The standard InChI is InChI=1S/C65H125NO5/c1-3-5-7-9-11-13-15-17-19-21-23-27-31-35-39-43-47-51-55-59-65(70)71-60-56-52-48-44-40-36-32-28-24-26-30-34-38-42-46-50-54-58-64(69)66-62(61-67)63(68)57-53-49-45-41-37-33-29-25-22-20-18-16-14-12-10-8-6-4-2/h11,13,17,19,62-63,67-68H,3-10,12,14-16,18,20-61H2,1-2H3,(H,66,69)/b13-11-,19-17-. The molecule has 3 N–H and O–H groups in total. The summed E-state index contributed by atoms with van der Waals surface area (Å²) in [6.45, 7) is 4.94. The van der Waals surface area contributed by atoms with Crippen LogP contribution in [0.5, 0.6) is 0 Å². The van der Waals surface area contributed by atoms with Crippen molar-refractivity contribution in [1.82, 2.24) is 5.32 Å². The topological polar surface area (TPSA) is 95.9 Å². The predicted octanol–water partition coefficient (Wildman–Crippen LogP) is 20.2. The van der Waals surface area contributed by atoms with Crippen LogP contribution in [-0.4, -0.2) is 47.4 Å². The number of unbranched alkanes of at least 4 members (excludes halogenated alkanes) is 45. The van der Waals surface area contributed by atoms with Gasteiger partial charge in [-0.3, -0.25) is 9.59 Å². The molecule has 0 aromatic heterocycles. The van der Waals surface area contributed by atoms with Gasteiger partial charge in [-0.1, -0.05) is 308 Å². The van der Waals surface area contributed by atoms with Crippen LogP contribution in [0.1, 0.15) is 354 Å². The van der Waals surface area contributed by atoms with E-state index in [0.29, 0.717) is 25.9 Å². The summed E-state index contributed by atoms with van der Waals surface area (Å²) in [6.07, 6.45) is 74.7. The van der Waals surface area contributed by atoms with E-state index >= 15 is 0 Å². The van der Waals surface area contributed by atoms with Gasteiger partial charge in [0, 0.05) is 12.8 Å². The van der Waals surface area contributed by atoms with E-state index in [1.54, 1.807) is 0 Å². The van der Waals surface area contributed by atoms with Crippen molar-refractivity contribution < 1.29 is 24.5 Å². The summed E-state index contributed by atoms with van der Waals surface area (Å²) in [5, 5.41) is 23.3. The number of allylic oxidation sites excluding steroid dienone is 4. The Kier molecular flexibility index (Phi) is 59.5. The van der Waals surface area contributed by atoms with Crippen LogP contribution >= 0.6 is 0 Å². The summed E-state index contributed by atoms with van der Waals surface area (Å²) in [5.41, 5.74) is 0. The number of hydrogen-bond acceptors (Lipinski definition) is 5. The predicted molar refractivity (Wildman–Crippen MR) is 310 cm³/mol. The van der Waals surface area contributed by atoms with Crippen LogP contribution in [0.2, 0.25) is 0 Å². The first-order chi connectivity index (χ1) is 35.0. The molecule has 0 bridgehead atoms. The summed E-state index contributed by atoms with van der Waals surface area (Å²) in [6, 6.07) is -0.546. The molecule has 0 rings (SSSR count). The van der Waals surface area contributed by atoms with Crippen LogP contribution in [0.4, 0.5) is 0 Å². The van der Waals surface area contributed by atoms with E-state index in [0.717, 1.165) is 51.4 Å². The highest BCUT2D eigenvalue weighted by Crippen LogP contribution is 2.18. The Morgan fingerprint density at radius 3 is 1.10 bits per heavy atom. The number of nitrogens with one attached hydrogen (secondary N) is 1. The minimum atomic E-state index is -0.669. The molecule has 0 aromatic rings. The number of rotatable bonds is 60. The zero-order valence-corrected chi connectivity index (χ0v) is 48.0. The minimum absolute atomic E-state index is 0.00246. The molecular weight excluding hydrogens is 875 g/mol. The average Bonchev–Trinajstić information content (AvgIpc) is 3.37. The van der Waals surface area contributed by atoms with Gasteiger partial charge in [0.15, 0.2) is 0 Å². The van der Waals surface area contributed by atoms with E-state index in [1.807, 2.05) is 0 Å². The van der Waals surface area contributed by atoms with Gasteiger partial charge in [-0.15, -0.1) is 0 Å². The fourth-order valence-corrected chi connectivity index (χ4v) is 10.1. The highest BCUT2D eigenvalue weighted by Gasteiger charge is 2.20. The average molecular weight is 1000 g/mol. The molecule has 0 spiro atoms. The number of amides is 1. The van der Waals surface area contributed by atoms with Crippen LogP contribution in [0, 0.1) is 0 Å². The lowest BCUT2D eigenvalue weighted by Crippen LogP contribution is -2.45. The molecule has 0 fully saturated rings. The first kappa shape index (κ1) is 69.3. The Morgan fingerprint density at radius 2 is 0.704 bits per heavy atom. The lowest BCUT2D eigenvalue weighted by molar-refractivity contribution is -0.143. The molecule has 0 radical (unpaired) electrons. The molecule has 2 atom stereocenters. The Balaban J connectivity index is 3.40. The van der Waals surface area contributed by atoms with Gasteiger partial charge in [0.25, 0.3) is 0 Å². The second-order valence-electron chi connectivity index (χ2n) is 22.1. The van der Waals surface area contributed by atoms with Crippen LogP contribution in [0.15, 0.2) is 24.3 Å². The molecule has 0 heterocycles. The summed E-state index contributed by atoms with van der Waals surface area (Å²) >= 11 is 0. The highest BCUT2D eigenvalue weighted by molar-refractivity contribution is 5.76. The maximum atomic E-state index is 12.5. The third-order valence-corrected chi connectivity index (χ3v) is 15.0. The number of carbonyl (C=O) groups excluding carboxylic acids is 2. The van der Waals surface area contributed by atoms with Gasteiger partial charge in [-0.2, -0.15) is 0 Å². The molecule has 420 valence electrons. The molecule has 0 aliphatic heterocycles. The number of hydrogen-bond donors (Lipinski definition) is 3. The molecule has 71 heavy (non-hydrogen) atoms. The maximum Gasteiger partial charge on any atom is 0.305 e. The van der Waals surface area contributed by atoms with Gasteiger partial charge >= 0.3 is 5.97 Å². The van der Waals surface area contributed by atoms with E-state index in [4.69, 9.17) is 4.74 Å². The molecular formula is C65H125NO5. The van der Waals surface area contributed by atoms with E-state index in [2.05, 4.69) is 43.5 Å². The van der Waals surface area contributed by atoms with E-state index < -0.39 is 12.1 Å². The largest absolute Gasteiger partial charge is 0.466 e. The number of aliphatic hydroxyl groups excluding tert-OH is 2. The molecule has 6 nitrogen and oxygen atoms in total. The third-order valence-electron chi connectivity index (χ3n) is 15.0. The van der Waals surface area contributed by atoms with Crippen molar-refractivity contribution in [2.24, 2.45) is 0 Å². The molecule has 1 amide bonds. The molecule has 2 unspecified atom stereocenters. The Bertz CT molecular complexity index is 1110. The first-order valence-corrected chi connectivity index (χ1v) is 32.1. The first-order valence-electron chi connectivity index (χ1n) is 32.1. The number of esters is 1. The molecule has 0 aliphatic rings.